The number of carboxylic acids is 2. The van der Waals surface area contributed by atoms with E-state index in [2.05, 4.69) is 10.3 Å². The van der Waals surface area contributed by atoms with Crippen LogP contribution in [-0.4, -0.2) is 37.1 Å². The second kappa shape index (κ2) is 7.70. The number of carboxylic acid groups (broad SMARTS) is 2. The first kappa shape index (κ1) is 16.2. The number of nitrogens with two attached hydrogens (primary N) is 1. The van der Waals surface area contributed by atoms with Gasteiger partial charge >= 0.3 is 11.9 Å². The maximum atomic E-state index is 12.6. The quantitative estimate of drug-likeness (QED) is 0.683. The smallest absolute Gasteiger partial charge is 0.414 e. The molecule has 1 aromatic heterocycles. The summed E-state index contributed by atoms with van der Waals surface area (Å²) in [5.74, 6) is -3.88. The van der Waals surface area contributed by atoms with Crippen LogP contribution < -0.4 is 5.73 Å². The molecule has 0 fully saturated rings. The van der Waals surface area contributed by atoms with E-state index >= 15 is 0 Å². The Hall–Kier alpha value is -2.81. The van der Waals surface area contributed by atoms with E-state index in [9.17, 15) is 4.39 Å². The van der Waals surface area contributed by atoms with Gasteiger partial charge in [-0.1, -0.05) is 17.3 Å². The number of rotatable bonds is 3. The normalized spacial score (nSPS) is 9.62. The molecule has 4 N–H and O–H groups in total. The maximum Gasteiger partial charge on any atom is 0.414 e. The van der Waals surface area contributed by atoms with Gasteiger partial charge in [0.25, 0.3) is 0 Å². The van der Waals surface area contributed by atoms with Crippen LogP contribution in [0, 0.1) is 5.82 Å². The number of carbonyl (C=O) groups is 2. The summed E-state index contributed by atoms with van der Waals surface area (Å²) in [7, 11) is 0. The number of aliphatic carboxylic acids is 2. The van der Waals surface area contributed by atoms with Gasteiger partial charge in [0.15, 0.2) is 0 Å². The van der Waals surface area contributed by atoms with Crippen LogP contribution in [0.1, 0.15) is 11.3 Å². The highest BCUT2D eigenvalue weighted by molar-refractivity contribution is 6.27. The lowest BCUT2D eigenvalue weighted by Gasteiger charge is -1.99. The first-order valence-electron chi connectivity index (χ1n) is 5.72. The Morgan fingerprint density at radius 1 is 1.19 bits per heavy atom. The van der Waals surface area contributed by atoms with Crippen LogP contribution in [0.4, 0.5) is 4.39 Å². The van der Waals surface area contributed by atoms with Crippen molar-refractivity contribution >= 4 is 11.9 Å². The van der Waals surface area contributed by atoms with E-state index in [0.29, 0.717) is 13.1 Å². The van der Waals surface area contributed by atoms with Crippen LogP contribution in [0.25, 0.3) is 0 Å². The molecule has 0 aliphatic heterocycles. The van der Waals surface area contributed by atoms with Crippen molar-refractivity contribution in [3.05, 3.63) is 47.5 Å². The molecule has 0 radical (unpaired) electrons. The second-order valence-corrected chi connectivity index (χ2v) is 3.85. The summed E-state index contributed by atoms with van der Waals surface area (Å²) in [5, 5.41) is 22.5. The molecule has 21 heavy (non-hydrogen) atoms. The predicted octanol–water partition coefficient (Wildman–Crippen LogP) is 0.0798. The summed E-state index contributed by atoms with van der Waals surface area (Å²) in [5.41, 5.74) is 7.14. The zero-order chi connectivity index (χ0) is 15.8. The summed E-state index contributed by atoms with van der Waals surface area (Å²) in [6.07, 6.45) is 1.78. The monoisotopic (exact) mass is 296 g/mol. The largest absolute Gasteiger partial charge is 0.473 e. The molecule has 0 saturated heterocycles. The van der Waals surface area contributed by atoms with Gasteiger partial charge in [-0.05, 0) is 17.7 Å². The molecule has 1 heterocycles. The Kier molecular flexibility index (Phi) is 5.96. The molecule has 0 unspecified atom stereocenters. The number of aromatic nitrogens is 3. The molecule has 0 aliphatic rings. The van der Waals surface area contributed by atoms with Gasteiger partial charge in [-0.2, -0.15) is 0 Å². The minimum absolute atomic E-state index is 0.236. The third kappa shape index (κ3) is 5.78. The predicted molar refractivity (Wildman–Crippen MR) is 68.7 cm³/mol. The summed E-state index contributed by atoms with van der Waals surface area (Å²) >= 11 is 0. The fraction of sp³-hybridized carbons (Fsp3) is 0.167. The molecule has 2 rings (SSSR count). The van der Waals surface area contributed by atoms with E-state index in [1.165, 1.54) is 12.1 Å². The molecule has 0 saturated carbocycles. The number of benzene rings is 1. The average molecular weight is 296 g/mol. The molecular weight excluding hydrogens is 283 g/mol. The Labute approximate surface area is 118 Å². The van der Waals surface area contributed by atoms with E-state index in [1.54, 1.807) is 23.0 Å². The van der Waals surface area contributed by atoms with Gasteiger partial charge < -0.3 is 15.9 Å². The molecule has 0 bridgehead atoms. The minimum Gasteiger partial charge on any atom is -0.473 e. The van der Waals surface area contributed by atoms with Gasteiger partial charge in [-0.25, -0.2) is 18.7 Å². The van der Waals surface area contributed by atoms with Crippen molar-refractivity contribution in [3.8, 4) is 0 Å². The first-order valence-corrected chi connectivity index (χ1v) is 5.72. The molecule has 0 amide bonds. The number of nitrogens with zero attached hydrogens (tertiary/aromatic N) is 3. The van der Waals surface area contributed by atoms with Gasteiger partial charge in [0.1, 0.15) is 5.82 Å². The van der Waals surface area contributed by atoms with E-state index in [0.717, 1.165) is 11.3 Å². The van der Waals surface area contributed by atoms with Crippen molar-refractivity contribution in [2.45, 2.75) is 13.1 Å². The summed E-state index contributed by atoms with van der Waals surface area (Å²) in [6.45, 7) is 0.955. The molecule has 2 aromatic rings. The Bertz CT molecular complexity index is 600. The van der Waals surface area contributed by atoms with Gasteiger partial charge in [0.05, 0.1) is 18.4 Å². The highest BCUT2D eigenvalue weighted by Gasteiger charge is 2.04. The molecule has 0 spiro atoms. The lowest BCUT2D eigenvalue weighted by molar-refractivity contribution is -0.159. The van der Waals surface area contributed by atoms with Crippen molar-refractivity contribution in [2.75, 3.05) is 0 Å². The number of halogens is 1. The van der Waals surface area contributed by atoms with Crippen molar-refractivity contribution in [2.24, 2.45) is 5.73 Å². The maximum absolute atomic E-state index is 12.6. The molecular formula is C12H13FN4O4. The minimum atomic E-state index is -1.82. The van der Waals surface area contributed by atoms with Crippen LogP contribution in [0.5, 0.6) is 0 Å². The molecule has 0 atom stereocenters. The van der Waals surface area contributed by atoms with Gasteiger partial charge in [0, 0.05) is 6.54 Å². The van der Waals surface area contributed by atoms with Gasteiger partial charge in [-0.15, -0.1) is 5.10 Å². The lowest BCUT2D eigenvalue weighted by atomic mass is 10.2. The summed E-state index contributed by atoms with van der Waals surface area (Å²) < 4.78 is 14.3. The number of hydrogen-bond acceptors (Lipinski definition) is 5. The van der Waals surface area contributed by atoms with E-state index in [-0.39, 0.29) is 5.82 Å². The van der Waals surface area contributed by atoms with Gasteiger partial charge in [0.2, 0.25) is 0 Å². The summed E-state index contributed by atoms with van der Waals surface area (Å²) in [6, 6.07) is 6.30. The SMILES string of the molecule is NCc1cn(Cc2ccc(F)cc2)nn1.O=C(O)C(=O)O. The van der Waals surface area contributed by atoms with Crippen LogP contribution in [0.3, 0.4) is 0 Å². The third-order valence-electron chi connectivity index (χ3n) is 2.24. The second-order valence-electron chi connectivity index (χ2n) is 3.85. The summed E-state index contributed by atoms with van der Waals surface area (Å²) in [4.78, 5) is 18.2. The number of hydrogen-bond donors (Lipinski definition) is 3. The van der Waals surface area contributed by atoms with Gasteiger partial charge in [-0.3, -0.25) is 0 Å². The van der Waals surface area contributed by atoms with Crippen molar-refractivity contribution < 1.29 is 24.2 Å². The van der Waals surface area contributed by atoms with E-state index in [1.807, 2.05) is 0 Å². The molecule has 1 aromatic carbocycles. The van der Waals surface area contributed by atoms with Crippen molar-refractivity contribution in [1.82, 2.24) is 15.0 Å². The van der Waals surface area contributed by atoms with E-state index < -0.39 is 11.9 Å². The molecule has 9 heteroatoms. The molecule has 112 valence electrons. The van der Waals surface area contributed by atoms with Crippen molar-refractivity contribution in [1.29, 1.82) is 0 Å². The fourth-order valence-corrected chi connectivity index (χ4v) is 1.29. The highest BCUT2D eigenvalue weighted by atomic mass is 19.1. The average Bonchev–Trinajstić information content (AvgIpc) is 2.89. The third-order valence-corrected chi connectivity index (χ3v) is 2.24. The fourth-order valence-electron chi connectivity index (χ4n) is 1.29. The first-order chi connectivity index (χ1) is 9.92. The van der Waals surface area contributed by atoms with E-state index in [4.69, 9.17) is 25.5 Å². The lowest BCUT2D eigenvalue weighted by Crippen LogP contribution is -2.09. The Morgan fingerprint density at radius 3 is 2.19 bits per heavy atom. The standard InChI is InChI=1S/C10H11FN4.C2H2O4/c11-9-3-1-8(2-4-9)6-15-7-10(5-12)13-14-15;3-1(4)2(5)6/h1-4,7H,5-6,12H2;(H,3,4)(H,5,6). The van der Waals surface area contributed by atoms with Crippen LogP contribution in [0.15, 0.2) is 30.5 Å². The van der Waals surface area contributed by atoms with Crippen LogP contribution in [-0.2, 0) is 22.7 Å². The Morgan fingerprint density at radius 2 is 1.76 bits per heavy atom. The topological polar surface area (TPSA) is 131 Å². The zero-order valence-corrected chi connectivity index (χ0v) is 10.8. The van der Waals surface area contributed by atoms with Crippen LogP contribution >= 0.6 is 0 Å². The molecule has 0 aliphatic carbocycles. The zero-order valence-electron chi connectivity index (χ0n) is 10.8. The van der Waals surface area contributed by atoms with Crippen molar-refractivity contribution in [3.63, 3.8) is 0 Å². The Balaban J connectivity index is 0.000000315. The van der Waals surface area contributed by atoms with Crippen LogP contribution in [0.2, 0.25) is 0 Å². The highest BCUT2D eigenvalue weighted by Crippen LogP contribution is 2.04. The molecule has 8 nitrogen and oxygen atoms in total.